The lowest BCUT2D eigenvalue weighted by Gasteiger charge is -2.17. The first-order valence-electron chi connectivity index (χ1n) is 7.89. The Balaban J connectivity index is 1.84. The molecular weight excluding hydrogens is 306 g/mol. The van der Waals surface area contributed by atoms with Gasteiger partial charge < -0.3 is 10.0 Å². The molecule has 0 saturated carbocycles. The molecule has 2 aromatic rings. The Morgan fingerprint density at radius 2 is 2.04 bits per heavy atom. The fourth-order valence-electron chi connectivity index (χ4n) is 2.64. The van der Waals surface area contributed by atoms with E-state index in [0.717, 1.165) is 35.7 Å². The largest absolute Gasteiger partial charge is 0.510 e. The molecule has 2 N–H and O–H groups in total. The van der Waals surface area contributed by atoms with Gasteiger partial charge in [0, 0.05) is 17.5 Å². The van der Waals surface area contributed by atoms with Crippen molar-refractivity contribution < 1.29 is 5.11 Å². The highest BCUT2D eigenvalue weighted by Gasteiger charge is 2.29. The minimum absolute atomic E-state index is 0.260. The molecule has 1 aromatic carbocycles. The number of aromatic nitrogens is 1. The van der Waals surface area contributed by atoms with Crippen LogP contribution in [0.4, 0.5) is 0 Å². The van der Waals surface area contributed by atoms with E-state index in [2.05, 4.69) is 43.1 Å². The second-order valence-corrected chi connectivity index (χ2v) is 6.71. The summed E-state index contributed by atoms with van der Waals surface area (Å²) >= 11 is 1.48. The Hall–Kier alpha value is -2.14. The number of nitrogens with zero attached hydrogens (tertiary/aromatic N) is 2. The molecule has 0 fully saturated rings. The molecule has 120 valence electrons. The van der Waals surface area contributed by atoms with E-state index in [4.69, 9.17) is 5.41 Å². The van der Waals surface area contributed by atoms with Gasteiger partial charge in [-0.05, 0) is 13.3 Å². The summed E-state index contributed by atoms with van der Waals surface area (Å²) in [5, 5.41) is 21.3. The zero-order valence-electron chi connectivity index (χ0n) is 13.5. The Bertz CT molecular complexity index is 746. The number of aliphatic hydroxyl groups excluding tert-OH is 1. The molecule has 5 heteroatoms. The van der Waals surface area contributed by atoms with E-state index in [1.54, 1.807) is 0 Å². The number of hydrogen-bond donors (Lipinski definition) is 2. The molecule has 4 nitrogen and oxygen atoms in total. The van der Waals surface area contributed by atoms with E-state index in [0.29, 0.717) is 18.0 Å². The zero-order chi connectivity index (χ0) is 16.4. The summed E-state index contributed by atoms with van der Waals surface area (Å²) in [6.07, 6.45) is 2.10. The summed E-state index contributed by atoms with van der Waals surface area (Å²) in [5.41, 5.74) is 3.76. The topological polar surface area (TPSA) is 60.2 Å². The van der Waals surface area contributed by atoms with Gasteiger partial charge in [-0.2, -0.15) is 0 Å². The van der Waals surface area contributed by atoms with Crippen LogP contribution < -0.4 is 0 Å². The van der Waals surface area contributed by atoms with Crippen LogP contribution in [0.3, 0.4) is 0 Å². The van der Waals surface area contributed by atoms with Gasteiger partial charge >= 0.3 is 0 Å². The van der Waals surface area contributed by atoms with Crippen LogP contribution in [-0.4, -0.2) is 33.9 Å². The molecule has 1 aliphatic rings. The van der Waals surface area contributed by atoms with Gasteiger partial charge in [-0.25, -0.2) is 4.98 Å². The van der Waals surface area contributed by atoms with Crippen molar-refractivity contribution in [1.29, 1.82) is 5.41 Å². The predicted molar refractivity (Wildman–Crippen MR) is 96.0 cm³/mol. The fraction of sp³-hybridized carbons (Fsp3) is 0.333. The number of unbranched alkanes of at least 4 members (excludes halogenated alkanes) is 1. The molecule has 3 rings (SSSR count). The number of nitrogens with one attached hydrogen (secondary N) is 1. The maximum Gasteiger partial charge on any atom is 0.135 e. The summed E-state index contributed by atoms with van der Waals surface area (Å²) in [7, 11) is 0. The standard InChI is InChI=1S/C18H21N3OS/c1-3-4-9-21-10-15(22)16(17(21)19)18-20-14(11-23-18)13-7-5-12(2)6-8-13/h5-8,11,19,22H,3-4,9-10H2,1-2H3. The van der Waals surface area contributed by atoms with Gasteiger partial charge in [0.25, 0.3) is 0 Å². The summed E-state index contributed by atoms with van der Waals surface area (Å²) in [4.78, 5) is 6.56. The lowest BCUT2D eigenvalue weighted by atomic mass is 10.1. The number of amidine groups is 1. The first kappa shape index (κ1) is 15.7. The van der Waals surface area contributed by atoms with Crippen LogP contribution in [0.2, 0.25) is 0 Å². The molecule has 0 aliphatic carbocycles. The first-order chi connectivity index (χ1) is 11.1. The van der Waals surface area contributed by atoms with E-state index in [1.165, 1.54) is 16.9 Å². The van der Waals surface area contributed by atoms with Crippen molar-refractivity contribution in [3.63, 3.8) is 0 Å². The molecule has 23 heavy (non-hydrogen) atoms. The monoisotopic (exact) mass is 327 g/mol. The maximum absolute atomic E-state index is 10.3. The van der Waals surface area contributed by atoms with E-state index in [1.807, 2.05) is 10.3 Å². The average Bonchev–Trinajstić information content (AvgIpc) is 3.11. The highest BCUT2D eigenvalue weighted by molar-refractivity contribution is 7.11. The smallest absolute Gasteiger partial charge is 0.135 e. The van der Waals surface area contributed by atoms with Crippen LogP contribution in [0, 0.1) is 12.3 Å². The molecule has 0 atom stereocenters. The van der Waals surface area contributed by atoms with Gasteiger partial charge in [0.1, 0.15) is 16.6 Å². The van der Waals surface area contributed by atoms with E-state index >= 15 is 0 Å². The molecular formula is C18H21N3OS. The van der Waals surface area contributed by atoms with Gasteiger partial charge in [0.2, 0.25) is 0 Å². The maximum atomic E-state index is 10.3. The Morgan fingerprint density at radius 3 is 2.74 bits per heavy atom. The summed E-state index contributed by atoms with van der Waals surface area (Å²) < 4.78 is 0. The van der Waals surface area contributed by atoms with Crippen molar-refractivity contribution in [3.8, 4) is 11.3 Å². The molecule has 0 saturated heterocycles. The van der Waals surface area contributed by atoms with Crippen LogP contribution in [0.1, 0.15) is 30.3 Å². The van der Waals surface area contributed by atoms with Gasteiger partial charge in [0.15, 0.2) is 0 Å². The number of aryl methyl sites for hydroxylation is 1. The molecule has 0 spiro atoms. The Kier molecular flexibility index (Phi) is 4.48. The highest BCUT2D eigenvalue weighted by Crippen LogP contribution is 2.32. The quantitative estimate of drug-likeness (QED) is 0.851. The molecule has 0 unspecified atom stereocenters. The minimum atomic E-state index is 0.260. The summed E-state index contributed by atoms with van der Waals surface area (Å²) in [6, 6.07) is 8.23. The van der Waals surface area contributed by atoms with Crippen LogP contribution >= 0.6 is 11.3 Å². The number of thiazole rings is 1. The number of aliphatic hydroxyl groups is 1. The predicted octanol–water partition coefficient (Wildman–Crippen LogP) is 4.48. The molecule has 2 heterocycles. The van der Waals surface area contributed by atoms with Crippen LogP contribution in [-0.2, 0) is 0 Å². The van der Waals surface area contributed by atoms with Crippen molar-refractivity contribution in [3.05, 3.63) is 46.0 Å². The molecule has 1 aliphatic heterocycles. The Labute approximate surface area is 140 Å². The first-order valence-corrected chi connectivity index (χ1v) is 8.77. The van der Waals surface area contributed by atoms with E-state index < -0.39 is 0 Å². The third kappa shape index (κ3) is 3.15. The molecule has 0 amide bonds. The Morgan fingerprint density at radius 1 is 1.30 bits per heavy atom. The highest BCUT2D eigenvalue weighted by atomic mass is 32.1. The van der Waals surface area contributed by atoms with Crippen molar-refractivity contribution in [2.24, 2.45) is 0 Å². The van der Waals surface area contributed by atoms with Crippen molar-refractivity contribution in [1.82, 2.24) is 9.88 Å². The second kappa shape index (κ2) is 6.54. The van der Waals surface area contributed by atoms with E-state index in [-0.39, 0.29) is 5.76 Å². The molecule has 0 radical (unpaired) electrons. The zero-order valence-corrected chi connectivity index (χ0v) is 14.3. The van der Waals surface area contributed by atoms with Crippen LogP contribution in [0.25, 0.3) is 16.8 Å². The minimum Gasteiger partial charge on any atom is -0.510 e. The summed E-state index contributed by atoms with van der Waals surface area (Å²) in [5.74, 6) is 0.650. The normalized spacial score (nSPS) is 14.9. The van der Waals surface area contributed by atoms with Crippen molar-refractivity contribution >= 4 is 22.7 Å². The lowest BCUT2D eigenvalue weighted by molar-refractivity contribution is 0.347. The second-order valence-electron chi connectivity index (χ2n) is 5.85. The van der Waals surface area contributed by atoms with Gasteiger partial charge in [-0.1, -0.05) is 43.2 Å². The van der Waals surface area contributed by atoms with Crippen molar-refractivity contribution in [2.75, 3.05) is 13.1 Å². The molecule has 1 aromatic heterocycles. The number of rotatable bonds is 5. The number of benzene rings is 1. The third-order valence-electron chi connectivity index (χ3n) is 4.03. The average molecular weight is 327 g/mol. The lowest BCUT2D eigenvalue weighted by Crippen LogP contribution is -2.27. The van der Waals surface area contributed by atoms with Crippen LogP contribution in [0.15, 0.2) is 35.4 Å². The van der Waals surface area contributed by atoms with Crippen molar-refractivity contribution in [2.45, 2.75) is 26.7 Å². The molecule has 0 bridgehead atoms. The van der Waals surface area contributed by atoms with Gasteiger partial charge in [-0.15, -0.1) is 11.3 Å². The van der Waals surface area contributed by atoms with E-state index in [9.17, 15) is 5.11 Å². The van der Waals surface area contributed by atoms with Crippen LogP contribution in [0.5, 0.6) is 0 Å². The van der Waals surface area contributed by atoms with Gasteiger partial charge in [-0.3, -0.25) is 5.41 Å². The third-order valence-corrected chi connectivity index (χ3v) is 4.89. The fourth-order valence-corrected chi connectivity index (χ4v) is 3.54. The summed E-state index contributed by atoms with van der Waals surface area (Å²) in [6.45, 7) is 5.42. The van der Waals surface area contributed by atoms with Gasteiger partial charge in [0.05, 0.1) is 17.8 Å². The number of hydrogen-bond acceptors (Lipinski definition) is 4. The SMILES string of the molecule is CCCCN1CC(O)=C(c2nc(-c3ccc(C)cc3)cs2)C1=N.